The molecular weight excluding hydrogens is 254 g/mol. The maximum absolute atomic E-state index is 4.60. The summed E-state index contributed by atoms with van der Waals surface area (Å²) >= 11 is 1.71. The van der Waals surface area contributed by atoms with E-state index in [1.54, 1.807) is 11.3 Å². The summed E-state index contributed by atoms with van der Waals surface area (Å²) in [5, 5.41) is 5.84. The van der Waals surface area contributed by atoms with Crippen molar-refractivity contribution < 1.29 is 0 Å². The van der Waals surface area contributed by atoms with Gasteiger partial charge >= 0.3 is 0 Å². The van der Waals surface area contributed by atoms with Crippen molar-refractivity contribution in [2.45, 2.75) is 58.5 Å². The van der Waals surface area contributed by atoms with Crippen LogP contribution in [0.4, 0.5) is 0 Å². The van der Waals surface area contributed by atoms with Gasteiger partial charge in [-0.05, 0) is 38.5 Å². The van der Waals surface area contributed by atoms with Gasteiger partial charge in [0.2, 0.25) is 0 Å². The molecule has 3 rings (SSSR count). The first-order chi connectivity index (χ1) is 9.28. The van der Waals surface area contributed by atoms with Crippen LogP contribution in [-0.4, -0.2) is 15.4 Å². The average molecular weight is 277 g/mol. The lowest BCUT2D eigenvalue weighted by molar-refractivity contribution is 0.284. The van der Waals surface area contributed by atoms with Crippen LogP contribution in [0.15, 0.2) is 11.6 Å². The fraction of sp³-hybridized carbons (Fsp3) is 0.667. The Morgan fingerprint density at radius 3 is 2.89 bits per heavy atom. The van der Waals surface area contributed by atoms with Gasteiger partial charge in [0.1, 0.15) is 0 Å². The van der Waals surface area contributed by atoms with Gasteiger partial charge in [-0.1, -0.05) is 13.3 Å². The number of nitrogens with one attached hydrogen (secondary N) is 1. The number of imidazole rings is 1. The number of fused-ring (bicyclic) bond motifs is 1. The predicted octanol–water partition coefficient (Wildman–Crippen LogP) is 3.76. The molecule has 2 aromatic rings. The summed E-state index contributed by atoms with van der Waals surface area (Å²) in [5.41, 5.74) is 2.50. The lowest BCUT2D eigenvalue weighted by atomic mass is 9.84. The van der Waals surface area contributed by atoms with Gasteiger partial charge in [0.05, 0.1) is 11.4 Å². The number of hydrogen-bond donors (Lipinski definition) is 1. The molecule has 0 aromatic carbocycles. The van der Waals surface area contributed by atoms with Crippen molar-refractivity contribution in [2.75, 3.05) is 0 Å². The van der Waals surface area contributed by atoms with Gasteiger partial charge in [0.25, 0.3) is 0 Å². The summed E-state index contributed by atoms with van der Waals surface area (Å²) in [6.07, 6.45) is 8.95. The smallest absolute Gasteiger partial charge is 0.194 e. The number of aryl methyl sites for hydroxylation is 1. The Kier molecular flexibility index (Phi) is 3.89. The van der Waals surface area contributed by atoms with Crippen molar-refractivity contribution in [3.63, 3.8) is 0 Å². The molecule has 1 saturated carbocycles. The number of hydrogen-bond acceptors (Lipinski definition) is 3. The maximum atomic E-state index is 4.60. The largest absolute Gasteiger partial charge is 0.308 e. The van der Waals surface area contributed by atoms with Crippen LogP contribution >= 0.6 is 11.3 Å². The molecule has 4 heteroatoms. The Hall–Kier alpha value is -0.870. The van der Waals surface area contributed by atoms with E-state index < -0.39 is 0 Å². The highest BCUT2D eigenvalue weighted by Gasteiger charge is 2.20. The van der Waals surface area contributed by atoms with Crippen molar-refractivity contribution in [1.82, 2.24) is 14.7 Å². The minimum atomic E-state index is 0.700. The molecule has 0 atom stereocenters. The summed E-state index contributed by atoms with van der Waals surface area (Å²) in [6, 6.07) is 0.700. The van der Waals surface area contributed by atoms with Crippen molar-refractivity contribution in [2.24, 2.45) is 5.92 Å². The Morgan fingerprint density at radius 1 is 1.37 bits per heavy atom. The molecule has 1 aliphatic rings. The highest BCUT2D eigenvalue weighted by atomic mass is 32.1. The van der Waals surface area contributed by atoms with Crippen LogP contribution in [0.5, 0.6) is 0 Å². The van der Waals surface area contributed by atoms with E-state index in [0.29, 0.717) is 6.04 Å². The van der Waals surface area contributed by atoms with Crippen molar-refractivity contribution in [1.29, 1.82) is 0 Å². The van der Waals surface area contributed by atoms with Gasteiger partial charge in [-0.2, -0.15) is 0 Å². The number of thiazole rings is 1. The first kappa shape index (κ1) is 13.1. The van der Waals surface area contributed by atoms with Crippen LogP contribution in [0.3, 0.4) is 0 Å². The van der Waals surface area contributed by atoms with E-state index in [9.17, 15) is 0 Å². The van der Waals surface area contributed by atoms with Gasteiger partial charge in [-0.15, -0.1) is 11.3 Å². The summed E-state index contributed by atoms with van der Waals surface area (Å²) < 4.78 is 2.23. The molecule has 0 amide bonds. The number of aromatic nitrogens is 2. The molecule has 1 fully saturated rings. The van der Waals surface area contributed by atoms with Gasteiger partial charge in [-0.25, -0.2) is 4.98 Å². The second-order valence-corrected chi connectivity index (χ2v) is 6.58. The van der Waals surface area contributed by atoms with E-state index in [2.05, 4.69) is 40.1 Å². The fourth-order valence-corrected chi connectivity index (χ4v) is 3.95. The number of rotatable bonds is 4. The predicted molar refractivity (Wildman–Crippen MR) is 80.7 cm³/mol. The van der Waals surface area contributed by atoms with Gasteiger partial charge < -0.3 is 5.32 Å². The third-order valence-electron chi connectivity index (χ3n) is 4.54. The second kappa shape index (κ2) is 5.63. The minimum absolute atomic E-state index is 0.700. The summed E-state index contributed by atoms with van der Waals surface area (Å²) in [4.78, 5) is 5.72. The first-order valence-corrected chi connectivity index (χ1v) is 8.30. The lowest BCUT2D eigenvalue weighted by Crippen LogP contribution is -2.33. The maximum Gasteiger partial charge on any atom is 0.194 e. The van der Waals surface area contributed by atoms with Crippen LogP contribution in [0, 0.1) is 12.8 Å². The molecule has 2 aromatic heterocycles. The minimum Gasteiger partial charge on any atom is -0.308 e. The number of nitrogens with zero attached hydrogens (tertiary/aromatic N) is 2. The molecular formula is C15H23N3S. The molecule has 0 aliphatic heterocycles. The standard InChI is InChI=1S/C15H23N3S/c1-3-12-4-6-13(7-5-12)16-10-14-11(2)17-15-18(14)8-9-19-15/h8-9,12-13,16H,3-7,10H2,1-2H3. The normalized spacial score (nSPS) is 24.1. The van der Waals surface area contributed by atoms with Crippen LogP contribution in [-0.2, 0) is 6.54 Å². The molecule has 0 bridgehead atoms. The third kappa shape index (κ3) is 2.70. The van der Waals surface area contributed by atoms with Crippen LogP contribution in [0.1, 0.15) is 50.4 Å². The van der Waals surface area contributed by atoms with E-state index in [1.165, 1.54) is 43.5 Å². The Bertz CT molecular complexity index is 535. The van der Waals surface area contributed by atoms with Crippen molar-refractivity contribution >= 4 is 16.3 Å². The average Bonchev–Trinajstić information content (AvgIpc) is 2.98. The SMILES string of the molecule is CCC1CCC(NCc2c(C)nc3sccn23)CC1. The zero-order chi connectivity index (χ0) is 13.2. The van der Waals surface area contributed by atoms with Crippen molar-refractivity contribution in [3.8, 4) is 0 Å². The monoisotopic (exact) mass is 277 g/mol. The molecule has 1 N–H and O–H groups in total. The lowest BCUT2D eigenvalue weighted by Gasteiger charge is -2.28. The van der Waals surface area contributed by atoms with Gasteiger partial charge in [0.15, 0.2) is 4.96 Å². The van der Waals surface area contributed by atoms with Crippen LogP contribution in [0.2, 0.25) is 0 Å². The van der Waals surface area contributed by atoms with E-state index in [-0.39, 0.29) is 0 Å². The molecule has 0 radical (unpaired) electrons. The molecule has 0 spiro atoms. The second-order valence-electron chi connectivity index (χ2n) is 5.71. The Balaban J connectivity index is 1.60. The quantitative estimate of drug-likeness (QED) is 0.922. The highest BCUT2D eigenvalue weighted by molar-refractivity contribution is 7.15. The first-order valence-electron chi connectivity index (χ1n) is 7.42. The summed E-state index contributed by atoms with van der Waals surface area (Å²) in [7, 11) is 0. The summed E-state index contributed by atoms with van der Waals surface area (Å²) in [6.45, 7) is 5.39. The zero-order valence-electron chi connectivity index (χ0n) is 11.9. The molecule has 1 aliphatic carbocycles. The van der Waals surface area contributed by atoms with E-state index >= 15 is 0 Å². The van der Waals surface area contributed by atoms with Crippen LogP contribution in [0.25, 0.3) is 4.96 Å². The third-order valence-corrected chi connectivity index (χ3v) is 5.30. The molecule has 3 nitrogen and oxygen atoms in total. The zero-order valence-corrected chi connectivity index (χ0v) is 12.7. The van der Waals surface area contributed by atoms with E-state index in [1.807, 2.05) is 0 Å². The molecule has 2 heterocycles. The van der Waals surface area contributed by atoms with Gasteiger partial charge in [0, 0.05) is 24.2 Å². The van der Waals surface area contributed by atoms with Gasteiger partial charge in [-0.3, -0.25) is 4.40 Å². The van der Waals surface area contributed by atoms with Crippen molar-refractivity contribution in [3.05, 3.63) is 23.0 Å². The topological polar surface area (TPSA) is 29.3 Å². The summed E-state index contributed by atoms with van der Waals surface area (Å²) in [5.74, 6) is 0.971. The Labute approximate surface area is 119 Å². The molecule has 104 valence electrons. The van der Waals surface area contributed by atoms with E-state index in [0.717, 1.165) is 17.4 Å². The van der Waals surface area contributed by atoms with Crippen LogP contribution < -0.4 is 5.32 Å². The molecule has 0 saturated heterocycles. The fourth-order valence-electron chi connectivity index (χ4n) is 3.17. The molecule has 0 unspecified atom stereocenters. The van der Waals surface area contributed by atoms with E-state index in [4.69, 9.17) is 0 Å². The Morgan fingerprint density at radius 2 is 2.16 bits per heavy atom. The molecule has 19 heavy (non-hydrogen) atoms. The highest BCUT2D eigenvalue weighted by Crippen LogP contribution is 2.27.